The highest BCUT2D eigenvalue weighted by atomic mass is 16.2. The van der Waals surface area contributed by atoms with Gasteiger partial charge in [0.2, 0.25) is 5.91 Å². The number of piperidine rings is 1. The number of nitrogens with zero attached hydrogens (tertiary/aromatic N) is 3. The summed E-state index contributed by atoms with van der Waals surface area (Å²) >= 11 is 0. The maximum atomic E-state index is 13.1. The summed E-state index contributed by atoms with van der Waals surface area (Å²) in [4.78, 5) is 17.4. The van der Waals surface area contributed by atoms with Gasteiger partial charge in [-0.3, -0.25) is 14.8 Å². The van der Waals surface area contributed by atoms with E-state index < -0.39 is 0 Å². The molecule has 0 bridgehead atoms. The first-order valence-corrected chi connectivity index (χ1v) is 9.84. The Morgan fingerprint density at radius 2 is 2.00 bits per heavy atom. The van der Waals surface area contributed by atoms with Crippen molar-refractivity contribution in [1.82, 2.24) is 15.1 Å². The Hall–Kier alpha value is -2.14. The SMILES string of the molecule is CC(C(=O)N1CCCc2[nH]ncc21)N1CCC(Cc2ccccc2)CC1. The van der Waals surface area contributed by atoms with E-state index in [4.69, 9.17) is 0 Å². The number of benzene rings is 1. The number of aromatic amines is 1. The van der Waals surface area contributed by atoms with Crippen molar-refractivity contribution in [1.29, 1.82) is 0 Å². The number of carbonyl (C=O) groups is 1. The van der Waals surface area contributed by atoms with E-state index in [1.54, 1.807) is 6.20 Å². The lowest BCUT2D eigenvalue weighted by atomic mass is 9.89. The fourth-order valence-corrected chi connectivity index (χ4v) is 4.36. The maximum absolute atomic E-state index is 13.1. The molecule has 1 aromatic heterocycles. The lowest BCUT2D eigenvalue weighted by Crippen LogP contribution is -2.51. The van der Waals surface area contributed by atoms with E-state index in [0.717, 1.165) is 56.2 Å². The molecule has 1 saturated heterocycles. The molecule has 3 heterocycles. The second-order valence-electron chi connectivity index (χ2n) is 7.67. The highest BCUT2D eigenvalue weighted by Crippen LogP contribution is 2.27. The Morgan fingerprint density at radius 3 is 2.77 bits per heavy atom. The number of H-pyrrole nitrogens is 1. The van der Waals surface area contributed by atoms with Crippen LogP contribution < -0.4 is 4.90 Å². The van der Waals surface area contributed by atoms with Gasteiger partial charge in [0, 0.05) is 6.54 Å². The van der Waals surface area contributed by atoms with Crippen molar-refractivity contribution >= 4 is 11.6 Å². The van der Waals surface area contributed by atoms with Gasteiger partial charge in [-0.2, -0.15) is 5.10 Å². The molecular formula is C21H28N4O. The van der Waals surface area contributed by atoms with Crippen LogP contribution >= 0.6 is 0 Å². The van der Waals surface area contributed by atoms with E-state index in [1.807, 2.05) is 4.90 Å². The fraction of sp³-hybridized carbons (Fsp3) is 0.524. The van der Waals surface area contributed by atoms with Crippen LogP contribution in [-0.4, -0.2) is 46.7 Å². The van der Waals surface area contributed by atoms with Gasteiger partial charge in [-0.15, -0.1) is 0 Å². The molecule has 1 unspecified atom stereocenters. The van der Waals surface area contributed by atoms with Crippen LogP contribution in [0.1, 0.15) is 37.4 Å². The summed E-state index contributed by atoms with van der Waals surface area (Å²) in [6.45, 7) is 4.89. The van der Waals surface area contributed by atoms with Crippen molar-refractivity contribution in [2.75, 3.05) is 24.5 Å². The Labute approximate surface area is 155 Å². The monoisotopic (exact) mass is 352 g/mol. The first kappa shape index (κ1) is 17.3. The standard InChI is InChI=1S/C21H28N4O/c1-16(21(26)25-11-5-8-19-20(25)15-22-23-19)24-12-9-18(10-13-24)14-17-6-3-2-4-7-17/h2-4,6-7,15-16,18H,5,8-14H2,1H3,(H,22,23). The molecule has 138 valence electrons. The minimum atomic E-state index is -0.0616. The van der Waals surface area contributed by atoms with Crippen LogP contribution in [0, 0.1) is 5.92 Å². The Kier molecular flexibility index (Phi) is 5.07. The number of hydrogen-bond acceptors (Lipinski definition) is 3. The first-order valence-electron chi connectivity index (χ1n) is 9.84. The third-order valence-corrected chi connectivity index (χ3v) is 5.98. The predicted molar refractivity (Wildman–Crippen MR) is 103 cm³/mol. The minimum Gasteiger partial charge on any atom is -0.308 e. The summed E-state index contributed by atoms with van der Waals surface area (Å²) in [6, 6.07) is 10.7. The van der Waals surface area contributed by atoms with Gasteiger partial charge >= 0.3 is 0 Å². The zero-order valence-electron chi connectivity index (χ0n) is 15.5. The zero-order chi connectivity index (χ0) is 17.9. The highest BCUT2D eigenvalue weighted by Gasteiger charge is 2.32. The number of anilines is 1. The molecule has 0 aliphatic carbocycles. The molecule has 1 atom stereocenters. The molecule has 0 saturated carbocycles. The van der Waals surface area contributed by atoms with Crippen molar-refractivity contribution in [3.8, 4) is 0 Å². The lowest BCUT2D eigenvalue weighted by molar-refractivity contribution is -0.123. The van der Waals surface area contributed by atoms with E-state index >= 15 is 0 Å². The second kappa shape index (κ2) is 7.62. The number of hydrogen-bond donors (Lipinski definition) is 1. The third-order valence-electron chi connectivity index (χ3n) is 5.98. The quantitative estimate of drug-likeness (QED) is 0.920. The Balaban J connectivity index is 1.34. The summed E-state index contributed by atoms with van der Waals surface area (Å²) in [5, 5.41) is 7.16. The smallest absolute Gasteiger partial charge is 0.244 e. The summed E-state index contributed by atoms with van der Waals surface area (Å²) in [6.07, 6.45) is 7.28. The minimum absolute atomic E-state index is 0.0616. The maximum Gasteiger partial charge on any atom is 0.244 e. The molecule has 2 aliphatic heterocycles. The number of nitrogens with one attached hydrogen (secondary N) is 1. The number of amides is 1. The number of likely N-dealkylation sites (tertiary alicyclic amines) is 1. The molecule has 1 amide bonds. The van der Waals surface area contributed by atoms with Crippen LogP contribution in [-0.2, 0) is 17.6 Å². The zero-order valence-corrected chi connectivity index (χ0v) is 15.5. The third kappa shape index (κ3) is 3.54. The van der Waals surface area contributed by atoms with Gasteiger partial charge in [-0.1, -0.05) is 30.3 Å². The van der Waals surface area contributed by atoms with Crippen LogP contribution in [0.3, 0.4) is 0 Å². The van der Waals surface area contributed by atoms with Crippen LogP contribution in [0.5, 0.6) is 0 Å². The molecule has 0 radical (unpaired) electrons. The highest BCUT2D eigenvalue weighted by molar-refractivity contribution is 5.97. The molecule has 1 aromatic carbocycles. The van der Waals surface area contributed by atoms with Gasteiger partial charge in [-0.25, -0.2) is 0 Å². The van der Waals surface area contributed by atoms with Crippen molar-refractivity contribution < 1.29 is 4.79 Å². The van der Waals surface area contributed by atoms with E-state index in [-0.39, 0.29) is 11.9 Å². The van der Waals surface area contributed by atoms with Gasteiger partial charge in [0.25, 0.3) is 0 Å². The van der Waals surface area contributed by atoms with Crippen molar-refractivity contribution in [3.63, 3.8) is 0 Å². The molecule has 2 aliphatic rings. The van der Waals surface area contributed by atoms with Crippen molar-refractivity contribution in [2.45, 2.75) is 45.1 Å². The molecule has 2 aromatic rings. The van der Waals surface area contributed by atoms with Crippen molar-refractivity contribution in [3.05, 3.63) is 47.8 Å². The summed E-state index contributed by atoms with van der Waals surface area (Å²) < 4.78 is 0. The van der Waals surface area contributed by atoms with E-state index in [1.165, 1.54) is 18.4 Å². The van der Waals surface area contributed by atoms with E-state index in [9.17, 15) is 4.79 Å². The fourth-order valence-electron chi connectivity index (χ4n) is 4.36. The summed E-state index contributed by atoms with van der Waals surface area (Å²) in [5.74, 6) is 0.945. The largest absolute Gasteiger partial charge is 0.308 e. The first-order chi connectivity index (χ1) is 12.7. The molecule has 0 spiro atoms. The molecule has 26 heavy (non-hydrogen) atoms. The molecule has 1 fully saturated rings. The molecule has 5 nitrogen and oxygen atoms in total. The second-order valence-corrected chi connectivity index (χ2v) is 7.67. The average molecular weight is 352 g/mol. The predicted octanol–water partition coefficient (Wildman–Crippen LogP) is 3.03. The van der Waals surface area contributed by atoms with Gasteiger partial charge in [0.05, 0.1) is 23.6 Å². The van der Waals surface area contributed by atoms with Gasteiger partial charge < -0.3 is 4.90 Å². The summed E-state index contributed by atoms with van der Waals surface area (Å²) in [7, 11) is 0. The van der Waals surface area contributed by atoms with Gasteiger partial charge in [-0.05, 0) is 63.6 Å². The number of aryl methyl sites for hydroxylation is 1. The Bertz CT molecular complexity index is 733. The van der Waals surface area contributed by atoms with Crippen LogP contribution in [0.15, 0.2) is 36.5 Å². The molecule has 5 heteroatoms. The Morgan fingerprint density at radius 1 is 1.23 bits per heavy atom. The van der Waals surface area contributed by atoms with Gasteiger partial charge in [0.1, 0.15) is 0 Å². The number of aromatic nitrogens is 2. The topological polar surface area (TPSA) is 52.2 Å². The number of carbonyl (C=O) groups excluding carboxylic acids is 1. The van der Waals surface area contributed by atoms with Crippen LogP contribution in [0.4, 0.5) is 5.69 Å². The van der Waals surface area contributed by atoms with Crippen molar-refractivity contribution in [2.24, 2.45) is 5.92 Å². The summed E-state index contributed by atoms with van der Waals surface area (Å²) in [5.41, 5.74) is 3.50. The van der Waals surface area contributed by atoms with Crippen LogP contribution in [0.25, 0.3) is 0 Å². The number of fused-ring (bicyclic) bond motifs is 1. The normalized spacial score (nSPS) is 20.0. The lowest BCUT2D eigenvalue weighted by Gasteiger charge is -2.38. The van der Waals surface area contributed by atoms with Gasteiger partial charge in [0.15, 0.2) is 0 Å². The van der Waals surface area contributed by atoms with Crippen LogP contribution in [0.2, 0.25) is 0 Å². The molecular weight excluding hydrogens is 324 g/mol. The van der Waals surface area contributed by atoms with E-state index in [2.05, 4.69) is 52.4 Å². The number of rotatable bonds is 4. The molecule has 4 rings (SSSR count). The van der Waals surface area contributed by atoms with E-state index in [0.29, 0.717) is 0 Å². The average Bonchev–Trinajstić information content (AvgIpc) is 3.17. The molecule has 1 N–H and O–H groups in total.